The number of amides is 3. The van der Waals surface area contributed by atoms with Gasteiger partial charge in [-0.3, -0.25) is 9.69 Å². The number of carbonyl (C=O) groups excluding carboxylic acids is 2. The monoisotopic (exact) mass is 652 g/mol. The molecule has 8 nitrogen and oxygen atoms in total. The second-order valence-corrected chi connectivity index (χ2v) is 11.7. The van der Waals surface area contributed by atoms with Crippen molar-refractivity contribution in [3.8, 4) is 5.75 Å². The minimum Gasteiger partial charge on any atom is -0.488 e. The Balaban J connectivity index is 1.53. The molecule has 1 aliphatic heterocycles. The maximum atomic E-state index is 13.7. The summed E-state index contributed by atoms with van der Waals surface area (Å²) in [7, 11) is 1.94. The lowest BCUT2D eigenvalue weighted by atomic mass is 9.99. The highest BCUT2D eigenvalue weighted by atomic mass is 35.5. The van der Waals surface area contributed by atoms with Gasteiger partial charge in [0.1, 0.15) is 11.9 Å². The van der Waals surface area contributed by atoms with Gasteiger partial charge in [-0.2, -0.15) is 13.2 Å². The zero-order chi connectivity index (χ0) is 32.2. The third kappa shape index (κ3) is 8.35. The van der Waals surface area contributed by atoms with Crippen LogP contribution in [0.3, 0.4) is 0 Å². The van der Waals surface area contributed by atoms with Crippen molar-refractivity contribution in [1.29, 1.82) is 0 Å². The number of nitrogens with one attached hydrogen (secondary N) is 2. The van der Waals surface area contributed by atoms with Crippen molar-refractivity contribution >= 4 is 46.5 Å². The van der Waals surface area contributed by atoms with Gasteiger partial charge in [-0.25, -0.2) is 4.79 Å². The Kier molecular flexibility index (Phi) is 10.7. The summed E-state index contributed by atoms with van der Waals surface area (Å²) >= 11 is 12.2. The largest absolute Gasteiger partial charge is 0.488 e. The Morgan fingerprint density at radius 2 is 1.73 bits per heavy atom. The third-order valence-electron chi connectivity index (χ3n) is 7.32. The molecule has 1 aliphatic rings. The molecule has 0 saturated heterocycles. The SMILES string of the molecule is C[C@@H]1CN([C@H](C)CO)C(=O)c2cc(NC(=O)Nc3ccc(C(F)(F)F)cc3)ccc2O[C@@H]1CN(C)Cc1ccc(Cl)c(Cl)c1. The van der Waals surface area contributed by atoms with Crippen LogP contribution in [0.25, 0.3) is 0 Å². The lowest BCUT2D eigenvalue weighted by Gasteiger charge is -2.38. The molecule has 0 radical (unpaired) electrons. The number of hydrogen-bond donors (Lipinski definition) is 3. The quantitative estimate of drug-likeness (QED) is 0.243. The molecular weight excluding hydrogens is 620 g/mol. The summed E-state index contributed by atoms with van der Waals surface area (Å²) < 4.78 is 45.0. The van der Waals surface area contributed by atoms with E-state index in [0.29, 0.717) is 35.4 Å². The molecule has 0 aromatic heterocycles. The molecule has 0 bridgehead atoms. The smallest absolute Gasteiger partial charge is 0.416 e. The molecule has 0 unspecified atom stereocenters. The average Bonchev–Trinajstić information content (AvgIpc) is 2.96. The van der Waals surface area contributed by atoms with Gasteiger partial charge in [0.05, 0.1) is 33.8 Å². The molecule has 236 valence electrons. The van der Waals surface area contributed by atoms with Crippen molar-refractivity contribution in [3.63, 3.8) is 0 Å². The summed E-state index contributed by atoms with van der Waals surface area (Å²) in [5.74, 6) is -0.161. The number of nitrogens with zero attached hydrogens (tertiary/aromatic N) is 2. The molecule has 0 aliphatic carbocycles. The summed E-state index contributed by atoms with van der Waals surface area (Å²) in [5, 5.41) is 15.9. The zero-order valence-electron chi connectivity index (χ0n) is 24.3. The van der Waals surface area contributed by atoms with E-state index in [1.165, 1.54) is 6.07 Å². The second-order valence-electron chi connectivity index (χ2n) is 10.9. The maximum Gasteiger partial charge on any atom is 0.416 e. The van der Waals surface area contributed by atoms with E-state index in [1.807, 2.05) is 26.1 Å². The van der Waals surface area contributed by atoms with E-state index in [4.69, 9.17) is 27.9 Å². The van der Waals surface area contributed by atoms with E-state index in [0.717, 1.165) is 29.8 Å². The molecule has 3 atom stereocenters. The number of halogens is 5. The highest BCUT2D eigenvalue weighted by molar-refractivity contribution is 6.42. The standard InChI is InChI=1S/C31H33Cl2F3N4O4/c1-18-14-40(19(2)17-41)29(42)24-13-23(38-30(43)37-22-7-5-21(6-8-22)31(34,35)36)9-11-27(24)44-28(18)16-39(3)15-20-4-10-25(32)26(33)12-20/h4-13,18-19,28,41H,14-17H2,1-3H3,(H2,37,38,43)/t18-,19-,28-/m1/s1. The molecule has 3 aromatic carbocycles. The van der Waals surface area contributed by atoms with E-state index in [9.17, 15) is 27.9 Å². The first-order valence-corrected chi connectivity index (χ1v) is 14.6. The van der Waals surface area contributed by atoms with E-state index < -0.39 is 23.8 Å². The molecule has 0 fully saturated rings. The Labute approximate surface area is 263 Å². The number of urea groups is 1. The van der Waals surface area contributed by atoms with Crippen molar-refractivity contribution < 1.29 is 32.6 Å². The van der Waals surface area contributed by atoms with E-state index >= 15 is 0 Å². The number of aliphatic hydroxyl groups is 1. The van der Waals surface area contributed by atoms with Crippen molar-refractivity contribution in [2.75, 3.05) is 37.4 Å². The van der Waals surface area contributed by atoms with Gasteiger partial charge in [-0.1, -0.05) is 36.2 Å². The fourth-order valence-corrected chi connectivity index (χ4v) is 5.20. The fraction of sp³-hybridized carbons (Fsp3) is 0.355. The van der Waals surface area contributed by atoms with Crippen LogP contribution in [0.1, 0.15) is 35.3 Å². The minimum atomic E-state index is -4.49. The lowest BCUT2D eigenvalue weighted by Crippen LogP contribution is -2.49. The molecule has 3 aromatic rings. The van der Waals surface area contributed by atoms with Crippen LogP contribution in [-0.2, 0) is 12.7 Å². The van der Waals surface area contributed by atoms with Gasteiger partial charge in [-0.05, 0) is 74.1 Å². The highest BCUT2D eigenvalue weighted by Crippen LogP contribution is 2.32. The maximum absolute atomic E-state index is 13.7. The van der Waals surface area contributed by atoms with Gasteiger partial charge in [-0.15, -0.1) is 0 Å². The number of carbonyl (C=O) groups is 2. The Morgan fingerprint density at radius 3 is 2.36 bits per heavy atom. The van der Waals surface area contributed by atoms with E-state index in [-0.39, 0.29) is 41.5 Å². The molecule has 13 heteroatoms. The molecule has 4 rings (SSSR count). The molecule has 44 heavy (non-hydrogen) atoms. The molecule has 0 spiro atoms. The summed E-state index contributed by atoms with van der Waals surface area (Å²) in [6, 6.07) is 12.9. The van der Waals surface area contributed by atoms with E-state index in [1.54, 1.807) is 30.0 Å². The number of aliphatic hydroxyl groups excluding tert-OH is 1. The summed E-state index contributed by atoms with van der Waals surface area (Å²) in [4.78, 5) is 30.0. The highest BCUT2D eigenvalue weighted by Gasteiger charge is 2.34. The molecular formula is C31H33Cl2F3N4O4. The zero-order valence-corrected chi connectivity index (χ0v) is 25.8. The Morgan fingerprint density at radius 1 is 1.07 bits per heavy atom. The van der Waals surface area contributed by atoms with Crippen LogP contribution in [0.5, 0.6) is 5.75 Å². The van der Waals surface area contributed by atoms with E-state index in [2.05, 4.69) is 15.5 Å². The summed E-state index contributed by atoms with van der Waals surface area (Å²) in [6.45, 7) is 4.88. The predicted octanol–water partition coefficient (Wildman–Crippen LogP) is 7.01. The van der Waals surface area contributed by atoms with Crippen LogP contribution in [0.15, 0.2) is 60.7 Å². The van der Waals surface area contributed by atoms with Gasteiger partial charge in [0.25, 0.3) is 5.91 Å². The molecule has 0 saturated carbocycles. The van der Waals surface area contributed by atoms with Crippen LogP contribution in [0.2, 0.25) is 10.0 Å². The lowest BCUT2D eigenvalue weighted by molar-refractivity contribution is -0.137. The average molecular weight is 654 g/mol. The minimum absolute atomic E-state index is 0.107. The number of alkyl halides is 3. The van der Waals surface area contributed by atoms with Crippen molar-refractivity contribution in [2.45, 2.75) is 38.7 Å². The number of benzene rings is 3. The number of likely N-dealkylation sites (N-methyl/N-ethyl adjacent to an activating group) is 1. The molecule has 3 amide bonds. The van der Waals surface area contributed by atoms with Crippen LogP contribution in [-0.4, -0.2) is 65.7 Å². The van der Waals surface area contributed by atoms with Crippen LogP contribution < -0.4 is 15.4 Å². The normalized spacial score (nSPS) is 17.8. The van der Waals surface area contributed by atoms with Gasteiger partial charge < -0.3 is 25.4 Å². The number of anilines is 2. The van der Waals surface area contributed by atoms with Crippen LogP contribution in [0.4, 0.5) is 29.3 Å². The summed E-state index contributed by atoms with van der Waals surface area (Å²) in [5.41, 5.74) is 0.756. The van der Waals surface area contributed by atoms with Crippen LogP contribution in [0, 0.1) is 5.92 Å². The number of ether oxygens (including phenoxy) is 1. The molecule has 1 heterocycles. The second kappa shape index (κ2) is 14.1. The number of hydrogen-bond acceptors (Lipinski definition) is 5. The number of rotatable bonds is 8. The van der Waals surface area contributed by atoms with Crippen molar-refractivity contribution in [3.05, 3.63) is 87.4 Å². The number of fused-ring (bicyclic) bond motifs is 1. The first-order chi connectivity index (χ1) is 20.7. The first-order valence-electron chi connectivity index (χ1n) is 13.9. The molecule has 3 N–H and O–H groups in total. The van der Waals surface area contributed by atoms with Gasteiger partial charge in [0.15, 0.2) is 0 Å². The summed E-state index contributed by atoms with van der Waals surface area (Å²) in [6.07, 6.45) is -4.83. The predicted molar refractivity (Wildman–Crippen MR) is 164 cm³/mol. The van der Waals surface area contributed by atoms with Crippen molar-refractivity contribution in [1.82, 2.24) is 9.80 Å². The van der Waals surface area contributed by atoms with Gasteiger partial charge in [0.2, 0.25) is 0 Å². The third-order valence-corrected chi connectivity index (χ3v) is 8.06. The Bertz CT molecular complexity index is 1490. The first kappa shape index (κ1) is 33.4. The topological polar surface area (TPSA) is 94.1 Å². The van der Waals surface area contributed by atoms with Crippen LogP contribution >= 0.6 is 23.2 Å². The fourth-order valence-electron chi connectivity index (χ4n) is 4.88. The Hall–Kier alpha value is -3.51. The van der Waals surface area contributed by atoms with Gasteiger partial charge >= 0.3 is 12.2 Å². The van der Waals surface area contributed by atoms with Crippen molar-refractivity contribution in [2.24, 2.45) is 5.92 Å². The van der Waals surface area contributed by atoms with Gasteiger partial charge in [0, 0.05) is 36.9 Å².